The SMILES string of the molecule is COc1ccc([N+](=O)[O-])cc1NCc1ccc(O)c(O)c1. The Bertz CT molecular complexity index is 672. The molecule has 0 saturated carbocycles. The number of hydrogen-bond donors (Lipinski definition) is 3. The Labute approximate surface area is 120 Å². The van der Waals surface area contributed by atoms with Crippen molar-refractivity contribution in [1.82, 2.24) is 0 Å². The van der Waals surface area contributed by atoms with Crippen molar-refractivity contribution in [3.05, 3.63) is 52.1 Å². The first-order valence-electron chi connectivity index (χ1n) is 6.08. The summed E-state index contributed by atoms with van der Waals surface area (Å²) in [5.74, 6) is 0.0515. The minimum atomic E-state index is -0.489. The number of nitrogens with one attached hydrogen (secondary N) is 1. The summed E-state index contributed by atoms with van der Waals surface area (Å²) in [5, 5.41) is 32.5. The lowest BCUT2D eigenvalue weighted by Crippen LogP contribution is -2.02. The molecule has 0 aliphatic heterocycles. The number of ether oxygens (including phenoxy) is 1. The van der Waals surface area contributed by atoms with Gasteiger partial charge in [-0.2, -0.15) is 0 Å². The number of non-ortho nitro benzene ring substituents is 1. The van der Waals surface area contributed by atoms with Crippen LogP contribution in [0.1, 0.15) is 5.56 Å². The maximum Gasteiger partial charge on any atom is 0.271 e. The molecule has 0 saturated heterocycles. The van der Waals surface area contributed by atoms with Crippen molar-refractivity contribution in [1.29, 1.82) is 0 Å². The second-order valence-corrected chi connectivity index (χ2v) is 4.32. The van der Waals surface area contributed by atoms with Crippen molar-refractivity contribution in [3.8, 4) is 17.2 Å². The molecule has 0 atom stereocenters. The van der Waals surface area contributed by atoms with Crippen molar-refractivity contribution in [2.45, 2.75) is 6.54 Å². The van der Waals surface area contributed by atoms with Crippen LogP contribution in [0.15, 0.2) is 36.4 Å². The number of nitrogens with zero attached hydrogens (tertiary/aromatic N) is 1. The molecule has 7 nitrogen and oxygen atoms in total. The van der Waals surface area contributed by atoms with E-state index in [4.69, 9.17) is 4.74 Å². The van der Waals surface area contributed by atoms with Gasteiger partial charge in [-0.1, -0.05) is 6.07 Å². The molecular formula is C14H14N2O5. The van der Waals surface area contributed by atoms with Gasteiger partial charge in [0.2, 0.25) is 0 Å². The van der Waals surface area contributed by atoms with E-state index in [-0.39, 0.29) is 17.2 Å². The first kappa shape index (κ1) is 14.4. The van der Waals surface area contributed by atoms with Crippen LogP contribution in [0.3, 0.4) is 0 Å². The Kier molecular flexibility index (Phi) is 4.13. The van der Waals surface area contributed by atoms with E-state index in [1.165, 1.54) is 37.4 Å². The number of aromatic hydroxyl groups is 2. The molecule has 7 heteroatoms. The normalized spacial score (nSPS) is 10.1. The zero-order valence-electron chi connectivity index (χ0n) is 11.2. The first-order chi connectivity index (χ1) is 10.0. The zero-order chi connectivity index (χ0) is 15.4. The topological polar surface area (TPSA) is 105 Å². The Morgan fingerprint density at radius 2 is 1.95 bits per heavy atom. The molecular weight excluding hydrogens is 276 g/mol. The van der Waals surface area contributed by atoms with Crippen molar-refractivity contribution < 1.29 is 19.9 Å². The third kappa shape index (κ3) is 3.33. The van der Waals surface area contributed by atoms with Crippen molar-refractivity contribution in [3.63, 3.8) is 0 Å². The lowest BCUT2D eigenvalue weighted by atomic mass is 10.2. The van der Waals surface area contributed by atoms with E-state index >= 15 is 0 Å². The summed E-state index contributed by atoms with van der Waals surface area (Å²) in [5.41, 5.74) is 1.13. The number of nitro benzene ring substituents is 1. The molecule has 0 bridgehead atoms. The van der Waals surface area contributed by atoms with E-state index in [9.17, 15) is 20.3 Å². The molecule has 0 radical (unpaired) electrons. The van der Waals surface area contributed by atoms with Crippen LogP contribution < -0.4 is 10.1 Å². The molecule has 0 aromatic heterocycles. The molecule has 0 spiro atoms. The average molecular weight is 290 g/mol. The summed E-state index contributed by atoms with van der Waals surface area (Å²) in [6.07, 6.45) is 0. The predicted molar refractivity (Wildman–Crippen MR) is 76.7 cm³/mol. The predicted octanol–water partition coefficient (Wildman–Crippen LogP) is 2.63. The van der Waals surface area contributed by atoms with Gasteiger partial charge in [-0.3, -0.25) is 10.1 Å². The number of anilines is 1. The largest absolute Gasteiger partial charge is 0.504 e. The molecule has 0 aliphatic rings. The van der Waals surface area contributed by atoms with E-state index in [0.29, 0.717) is 23.5 Å². The highest BCUT2D eigenvalue weighted by Crippen LogP contribution is 2.30. The molecule has 3 N–H and O–H groups in total. The molecule has 2 aromatic rings. The summed E-state index contributed by atoms with van der Waals surface area (Å²) in [7, 11) is 1.47. The number of phenols is 2. The van der Waals surface area contributed by atoms with Crippen molar-refractivity contribution in [2.24, 2.45) is 0 Å². The second kappa shape index (κ2) is 6.00. The van der Waals surface area contributed by atoms with Gasteiger partial charge < -0.3 is 20.3 Å². The van der Waals surface area contributed by atoms with E-state index in [2.05, 4.69) is 5.32 Å². The molecule has 0 unspecified atom stereocenters. The number of benzene rings is 2. The monoisotopic (exact) mass is 290 g/mol. The fraction of sp³-hybridized carbons (Fsp3) is 0.143. The van der Waals surface area contributed by atoms with E-state index < -0.39 is 4.92 Å². The maximum absolute atomic E-state index is 10.8. The first-order valence-corrected chi connectivity index (χ1v) is 6.08. The smallest absolute Gasteiger partial charge is 0.271 e. The Hall–Kier alpha value is -2.96. The summed E-state index contributed by atoms with van der Waals surface area (Å²) in [6.45, 7) is 0.311. The number of hydrogen-bond acceptors (Lipinski definition) is 6. The van der Waals surface area contributed by atoms with Gasteiger partial charge in [-0.25, -0.2) is 0 Å². The molecule has 21 heavy (non-hydrogen) atoms. The molecule has 110 valence electrons. The average Bonchev–Trinajstić information content (AvgIpc) is 2.48. The van der Waals surface area contributed by atoms with Gasteiger partial charge in [0, 0.05) is 18.7 Å². The number of phenolic OH excluding ortho intramolecular Hbond substituents is 2. The Morgan fingerprint density at radius 3 is 2.57 bits per heavy atom. The van der Waals surface area contributed by atoms with Crippen molar-refractivity contribution in [2.75, 3.05) is 12.4 Å². The fourth-order valence-corrected chi connectivity index (χ4v) is 1.82. The lowest BCUT2D eigenvalue weighted by molar-refractivity contribution is -0.384. The van der Waals surface area contributed by atoms with Gasteiger partial charge >= 0.3 is 0 Å². The highest BCUT2D eigenvalue weighted by atomic mass is 16.6. The van der Waals surface area contributed by atoms with Crippen LogP contribution in [0.25, 0.3) is 0 Å². The van der Waals surface area contributed by atoms with Crippen LogP contribution in [0.2, 0.25) is 0 Å². The summed E-state index contributed by atoms with van der Waals surface area (Å²) in [4.78, 5) is 10.3. The van der Waals surface area contributed by atoms with Gasteiger partial charge in [0.1, 0.15) is 5.75 Å². The molecule has 2 aromatic carbocycles. The van der Waals surface area contributed by atoms with Gasteiger partial charge in [-0.05, 0) is 23.8 Å². The third-order valence-corrected chi connectivity index (χ3v) is 2.92. The summed E-state index contributed by atoms with van der Waals surface area (Å²) >= 11 is 0. The molecule has 0 aliphatic carbocycles. The lowest BCUT2D eigenvalue weighted by Gasteiger charge is -2.11. The van der Waals surface area contributed by atoms with Gasteiger partial charge in [-0.15, -0.1) is 0 Å². The van der Waals surface area contributed by atoms with E-state index in [0.717, 1.165) is 0 Å². The highest BCUT2D eigenvalue weighted by Gasteiger charge is 2.11. The van der Waals surface area contributed by atoms with Crippen molar-refractivity contribution >= 4 is 11.4 Å². The van der Waals surface area contributed by atoms with Gasteiger partial charge in [0.25, 0.3) is 5.69 Å². The van der Waals surface area contributed by atoms with Gasteiger partial charge in [0.15, 0.2) is 11.5 Å². The number of rotatable bonds is 5. The Balaban J connectivity index is 2.19. The summed E-state index contributed by atoms with van der Waals surface area (Å²) < 4.78 is 5.14. The second-order valence-electron chi connectivity index (χ2n) is 4.32. The highest BCUT2D eigenvalue weighted by molar-refractivity contribution is 5.61. The molecule has 0 heterocycles. The quantitative estimate of drug-likeness (QED) is 0.444. The van der Waals surface area contributed by atoms with E-state index in [1.54, 1.807) is 6.07 Å². The van der Waals surface area contributed by atoms with Crippen LogP contribution >= 0.6 is 0 Å². The van der Waals surface area contributed by atoms with Crippen LogP contribution in [0.5, 0.6) is 17.2 Å². The number of nitro groups is 1. The minimum Gasteiger partial charge on any atom is -0.504 e. The standard InChI is InChI=1S/C14H14N2O5/c1-21-14-5-3-10(16(19)20)7-11(14)15-8-9-2-4-12(17)13(18)6-9/h2-7,15,17-18H,8H2,1H3. The van der Waals surface area contributed by atoms with Crippen LogP contribution in [-0.2, 0) is 6.54 Å². The zero-order valence-corrected chi connectivity index (χ0v) is 11.2. The van der Waals surface area contributed by atoms with Gasteiger partial charge in [0.05, 0.1) is 17.7 Å². The molecule has 0 fully saturated rings. The maximum atomic E-state index is 10.8. The minimum absolute atomic E-state index is 0.0492. The van der Waals surface area contributed by atoms with Crippen LogP contribution in [0.4, 0.5) is 11.4 Å². The fourth-order valence-electron chi connectivity index (χ4n) is 1.82. The van der Waals surface area contributed by atoms with E-state index in [1.807, 2.05) is 0 Å². The summed E-state index contributed by atoms with van der Waals surface area (Å²) in [6, 6.07) is 8.65. The molecule has 0 amide bonds. The number of methoxy groups -OCH3 is 1. The third-order valence-electron chi connectivity index (χ3n) is 2.92. The van der Waals surface area contributed by atoms with Crippen LogP contribution in [0, 0.1) is 10.1 Å². The Morgan fingerprint density at radius 1 is 1.19 bits per heavy atom. The molecule has 2 rings (SSSR count). The van der Waals surface area contributed by atoms with Crippen LogP contribution in [-0.4, -0.2) is 22.2 Å².